The van der Waals surface area contributed by atoms with Gasteiger partial charge in [0, 0.05) is 40.8 Å². The molecule has 0 amide bonds. The van der Waals surface area contributed by atoms with Crippen molar-refractivity contribution in [2.24, 2.45) is 0 Å². The number of aromatic nitrogens is 1. The first-order chi connectivity index (χ1) is 13.1. The second-order valence-electron chi connectivity index (χ2n) is 7.54. The maximum atomic E-state index is 11.1. The summed E-state index contributed by atoms with van der Waals surface area (Å²) in [5, 5.41) is 15.9. The summed E-state index contributed by atoms with van der Waals surface area (Å²) in [4.78, 5) is 14.3. The molecule has 0 unspecified atom stereocenters. The van der Waals surface area contributed by atoms with Crippen molar-refractivity contribution in [2.45, 2.75) is 51.1 Å². The Kier molecular flexibility index (Phi) is 4.94. The summed E-state index contributed by atoms with van der Waals surface area (Å²) in [6.45, 7) is 2.24. The highest BCUT2D eigenvalue weighted by Crippen LogP contribution is 2.36. The van der Waals surface area contributed by atoms with Crippen molar-refractivity contribution in [2.75, 3.05) is 0 Å². The van der Waals surface area contributed by atoms with Crippen LogP contribution in [-0.2, 0) is 12.8 Å². The Morgan fingerprint density at radius 1 is 1.26 bits per heavy atom. The molecule has 1 aliphatic rings. The van der Waals surface area contributed by atoms with Crippen molar-refractivity contribution >= 4 is 16.6 Å². The van der Waals surface area contributed by atoms with Gasteiger partial charge in [0.15, 0.2) is 0 Å². The van der Waals surface area contributed by atoms with Gasteiger partial charge in [-0.15, -0.1) is 0 Å². The monoisotopic (exact) mass is 363 g/mol. The Bertz CT molecular complexity index is 949. The van der Waals surface area contributed by atoms with E-state index in [4.69, 9.17) is 0 Å². The Labute approximate surface area is 158 Å². The number of rotatable bonds is 6. The van der Waals surface area contributed by atoms with E-state index in [2.05, 4.69) is 47.6 Å². The molecule has 5 nitrogen and oxygen atoms in total. The van der Waals surface area contributed by atoms with Crippen molar-refractivity contribution in [1.29, 1.82) is 0 Å². The maximum Gasteiger partial charge on any atom is 0.270 e. The van der Waals surface area contributed by atoms with Crippen LogP contribution in [0.2, 0.25) is 0 Å². The van der Waals surface area contributed by atoms with Crippen LogP contribution in [0.4, 0.5) is 5.69 Å². The molecular formula is C22H25N3O2. The van der Waals surface area contributed by atoms with Gasteiger partial charge in [-0.05, 0) is 56.2 Å². The third-order valence-corrected chi connectivity index (χ3v) is 5.60. The lowest BCUT2D eigenvalue weighted by Gasteiger charge is -2.27. The number of H-pyrrole nitrogens is 1. The molecule has 0 radical (unpaired) electrons. The number of aromatic amines is 1. The number of non-ortho nitro benzene ring substituents is 1. The van der Waals surface area contributed by atoms with Crippen LogP contribution in [0.25, 0.3) is 10.9 Å². The Hall–Kier alpha value is -2.66. The number of benzene rings is 2. The molecular weight excluding hydrogens is 338 g/mol. The molecule has 5 heteroatoms. The zero-order chi connectivity index (χ0) is 18.8. The number of aryl methyl sites for hydroxylation is 2. The topological polar surface area (TPSA) is 71.0 Å². The summed E-state index contributed by atoms with van der Waals surface area (Å²) in [5.74, 6) is 0. The van der Waals surface area contributed by atoms with Crippen LogP contribution >= 0.6 is 0 Å². The summed E-state index contributed by atoms with van der Waals surface area (Å²) in [7, 11) is 0. The molecule has 1 aromatic heterocycles. The van der Waals surface area contributed by atoms with Crippen molar-refractivity contribution in [1.82, 2.24) is 10.3 Å². The summed E-state index contributed by atoms with van der Waals surface area (Å²) in [6.07, 6.45) is 5.32. The molecule has 2 atom stereocenters. The van der Waals surface area contributed by atoms with Gasteiger partial charge in [0.25, 0.3) is 5.69 Å². The molecule has 0 fully saturated rings. The van der Waals surface area contributed by atoms with E-state index in [1.54, 1.807) is 12.1 Å². The molecule has 4 rings (SSSR count). The molecule has 140 valence electrons. The SMILES string of the molecule is C[C@@H](CCc1ccccc1)N[C@@H]1CCCc2c1[nH]c1ccc([N+](=O)[O-])cc21. The predicted molar refractivity (Wildman–Crippen MR) is 108 cm³/mol. The highest BCUT2D eigenvalue weighted by molar-refractivity contribution is 5.87. The number of nitrogens with one attached hydrogen (secondary N) is 2. The van der Waals surface area contributed by atoms with Gasteiger partial charge < -0.3 is 10.3 Å². The first-order valence-electron chi connectivity index (χ1n) is 9.70. The summed E-state index contributed by atoms with van der Waals surface area (Å²) >= 11 is 0. The van der Waals surface area contributed by atoms with Crippen molar-refractivity contribution < 1.29 is 4.92 Å². The van der Waals surface area contributed by atoms with E-state index >= 15 is 0 Å². The standard InChI is InChI=1S/C22H25N3O2/c1-15(10-11-16-6-3-2-4-7-16)23-21-9-5-8-18-19-14-17(25(26)27)12-13-20(19)24-22(18)21/h2-4,6-7,12-15,21,23-24H,5,8-11H2,1H3/t15-,21+/m0/s1. The van der Waals surface area contributed by atoms with E-state index in [9.17, 15) is 10.1 Å². The van der Waals surface area contributed by atoms with Crippen LogP contribution in [0.5, 0.6) is 0 Å². The molecule has 0 saturated carbocycles. The van der Waals surface area contributed by atoms with Gasteiger partial charge in [-0.25, -0.2) is 0 Å². The molecule has 0 aliphatic heterocycles. The van der Waals surface area contributed by atoms with E-state index in [1.165, 1.54) is 16.8 Å². The minimum absolute atomic E-state index is 0.163. The van der Waals surface area contributed by atoms with Crippen molar-refractivity contribution in [3.05, 3.63) is 75.5 Å². The highest BCUT2D eigenvalue weighted by atomic mass is 16.6. The fraction of sp³-hybridized carbons (Fsp3) is 0.364. The second-order valence-corrected chi connectivity index (χ2v) is 7.54. The molecule has 0 spiro atoms. The van der Waals surface area contributed by atoms with Gasteiger partial charge in [0.1, 0.15) is 0 Å². The molecule has 1 aliphatic carbocycles. The number of hydrogen-bond acceptors (Lipinski definition) is 3. The van der Waals surface area contributed by atoms with E-state index in [0.717, 1.165) is 43.0 Å². The summed E-state index contributed by atoms with van der Waals surface area (Å²) in [6, 6.07) is 16.4. The first-order valence-corrected chi connectivity index (χ1v) is 9.70. The van der Waals surface area contributed by atoms with E-state index in [1.807, 2.05) is 6.07 Å². The third-order valence-electron chi connectivity index (χ3n) is 5.60. The van der Waals surface area contributed by atoms with E-state index < -0.39 is 0 Å². The lowest BCUT2D eigenvalue weighted by molar-refractivity contribution is -0.384. The number of nitrogens with zero attached hydrogens (tertiary/aromatic N) is 1. The normalized spacial score (nSPS) is 17.6. The summed E-state index contributed by atoms with van der Waals surface area (Å²) < 4.78 is 0. The quantitative estimate of drug-likeness (QED) is 0.475. The van der Waals surface area contributed by atoms with E-state index in [-0.39, 0.29) is 16.7 Å². The Morgan fingerprint density at radius 2 is 2.07 bits per heavy atom. The van der Waals surface area contributed by atoms with Crippen LogP contribution in [0.1, 0.15) is 49.0 Å². The van der Waals surface area contributed by atoms with Crippen LogP contribution < -0.4 is 5.32 Å². The van der Waals surface area contributed by atoms with Gasteiger partial charge in [-0.1, -0.05) is 30.3 Å². The number of nitro groups is 1. The van der Waals surface area contributed by atoms with E-state index in [0.29, 0.717) is 6.04 Å². The van der Waals surface area contributed by atoms with Gasteiger partial charge in [0.05, 0.1) is 4.92 Å². The highest BCUT2D eigenvalue weighted by Gasteiger charge is 2.26. The number of fused-ring (bicyclic) bond motifs is 3. The zero-order valence-corrected chi connectivity index (χ0v) is 15.6. The molecule has 1 heterocycles. The van der Waals surface area contributed by atoms with Crippen molar-refractivity contribution in [3.8, 4) is 0 Å². The average Bonchev–Trinajstić information content (AvgIpc) is 3.06. The fourth-order valence-corrected chi connectivity index (χ4v) is 4.19. The van der Waals surface area contributed by atoms with Gasteiger partial charge in [-0.2, -0.15) is 0 Å². The predicted octanol–water partition coefficient (Wildman–Crippen LogP) is 5.06. The number of hydrogen-bond donors (Lipinski definition) is 2. The Balaban J connectivity index is 1.51. The zero-order valence-electron chi connectivity index (χ0n) is 15.6. The van der Waals surface area contributed by atoms with Crippen LogP contribution in [-0.4, -0.2) is 15.9 Å². The van der Waals surface area contributed by atoms with Gasteiger partial charge >= 0.3 is 0 Å². The lowest BCUT2D eigenvalue weighted by atomic mass is 9.91. The fourth-order valence-electron chi connectivity index (χ4n) is 4.19. The minimum atomic E-state index is -0.316. The van der Waals surface area contributed by atoms with Crippen LogP contribution in [0.15, 0.2) is 48.5 Å². The molecule has 2 N–H and O–H groups in total. The lowest BCUT2D eigenvalue weighted by Crippen LogP contribution is -2.33. The molecule has 27 heavy (non-hydrogen) atoms. The molecule has 0 saturated heterocycles. The van der Waals surface area contributed by atoms with Gasteiger partial charge in [-0.3, -0.25) is 10.1 Å². The van der Waals surface area contributed by atoms with Crippen molar-refractivity contribution in [3.63, 3.8) is 0 Å². The maximum absolute atomic E-state index is 11.1. The molecule has 0 bridgehead atoms. The Morgan fingerprint density at radius 3 is 2.85 bits per heavy atom. The number of nitro benzene ring substituents is 1. The molecule has 3 aromatic rings. The third kappa shape index (κ3) is 3.74. The van der Waals surface area contributed by atoms with Crippen LogP contribution in [0.3, 0.4) is 0 Å². The average molecular weight is 363 g/mol. The van der Waals surface area contributed by atoms with Gasteiger partial charge in [0.2, 0.25) is 0 Å². The largest absolute Gasteiger partial charge is 0.357 e. The van der Waals surface area contributed by atoms with Crippen LogP contribution in [0, 0.1) is 10.1 Å². The minimum Gasteiger partial charge on any atom is -0.357 e. The summed E-state index contributed by atoms with van der Waals surface area (Å²) in [5.41, 5.74) is 4.98. The first kappa shape index (κ1) is 17.7. The second kappa shape index (κ2) is 7.53. The smallest absolute Gasteiger partial charge is 0.270 e. The molecule has 2 aromatic carbocycles.